The van der Waals surface area contributed by atoms with Gasteiger partial charge < -0.3 is 5.32 Å². The van der Waals surface area contributed by atoms with E-state index in [4.69, 9.17) is 0 Å². The maximum absolute atomic E-state index is 11.9. The lowest BCUT2D eigenvalue weighted by Gasteiger charge is -2.05. The van der Waals surface area contributed by atoms with E-state index in [1.165, 1.54) is 0 Å². The van der Waals surface area contributed by atoms with E-state index in [9.17, 15) is 4.79 Å². The van der Waals surface area contributed by atoms with Crippen LogP contribution in [-0.2, 0) is 0 Å². The highest BCUT2D eigenvalue weighted by atomic mass is 32.1. The second-order valence-corrected chi connectivity index (χ2v) is 4.21. The van der Waals surface area contributed by atoms with Gasteiger partial charge in [-0.05, 0) is 23.8 Å². The molecule has 2 N–H and O–H groups in total. The van der Waals surface area contributed by atoms with Crippen LogP contribution in [0.4, 0.5) is 10.9 Å². The number of hydrogen-bond donors (Lipinski definition) is 2. The van der Waals surface area contributed by atoms with Crippen molar-refractivity contribution in [2.45, 2.75) is 13.3 Å². The number of carbonyl (C=O) groups is 1. The highest BCUT2D eigenvalue weighted by Gasteiger charge is 2.09. The Morgan fingerprint density at radius 3 is 3.11 bits per heavy atom. The zero-order valence-corrected chi connectivity index (χ0v) is 10.6. The van der Waals surface area contributed by atoms with Gasteiger partial charge in [0.2, 0.25) is 5.13 Å². The standard InChI is InChI=1S/C10H12N6OS/c1-2-4-11-8-6-7(3-5-12-8)9(17)13-10-14-15-16-18-10/h3,5-6H,2,4H2,1H3,(H,11,12)(H,13,14,16,17). The smallest absolute Gasteiger partial charge is 0.257 e. The van der Waals surface area contributed by atoms with E-state index < -0.39 is 0 Å². The molecule has 0 bridgehead atoms. The minimum atomic E-state index is -0.254. The summed E-state index contributed by atoms with van der Waals surface area (Å²) in [5, 5.41) is 13.2. The Kier molecular flexibility index (Phi) is 4.13. The fourth-order valence-corrected chi connectivity index (χ4v) is 1.63. The van der Waals surface area contributed by atoms with Gasteiger partial charge in [0.1, 0.15) is 5.82 Å². The molecule has 2 heterocycles. The molecule has 0 aromatic carbocycles. The molecule has 0 atom stereocenters. The molecule has 0 unspecified atom stereocenters. The van der Waals surface area contributed by atoms with Crippen LogP contribution in [0.3, 0.4) is 0 Å². The van der Waals surface area contributed by atoms with E-state index in [-0.39, 0.29) is 5.91 Å². The number of nitrogens with zero attached hydrogens (tertiary/aromatic N) is 4. The monoisotopic (exact) mass is 264 g/mol. The predicted octanol–water partition coefficient (Wildman–Crippen LogP) is 1.40. The fourth-order valence-electron chi connectivity index (χ4n) is 1.27. The van der Waals surface area contributed by atoms with E-state index in [0.717, 1.165) is 24.5 Å². The molecule has 2 aromatic heterocycles. The number of pyridine rings is 1. The maximum Gasteiger partial charge on any atom is 0.257 e. The van der Waals surface area contributed by atoms with Gasteiger partial charge in [-0.1, -0.05) is 16.5 Å². The number of hydrogen-bond acceptors (Lipinski definition) is 7. The molecule has 18 heavy (non-hydrogen) atoms. The third kappa shape index (κ3) is 3.20. The molecule has 1 amide bonds. The van der Waals surface area contributed by atoms with Crippen LogP contribution in [0, 0.1) is 0 Å². The fraction of sp³-hybridized carbons (Fsp3) is 0.300. The highest BCUT2D eigenvalue weighted by molar-refractivity contribution is 7.09. The number of carbonyl (C=O) groups excluding carboxylic acids is 1. The second-order valence-electron chi connectivity index (χ2n) is 3.48. The molecule has 0 saturated carbocycles. The van der Waals surface area contributed by atoms with Gasteiger partial charge in [-0.2, -0.15) is 0 Å². The normalized spacial score (nSPS) is 10.1. The molecule has 2 rings (SSSR count). The maximum atomic E-state index is 11.9. The molecular weight excluding hydrogens is 252 g/mol. The molecule has 0 saturated heterocycles. The number of nitrogens with one attached hydrogen (secondary N) is 2. The highest BCUT2D eigenvalue weighted by Crippen LogP contribution is 2.11. The van der Waals surface area contributed by atoms with E-state index in [0.29, 0.717) is 16.5 Å². The van der Waals surface area contributed by atoms with Crippen LogP contribution in [0.2, 0.25) is 0 Å². The lowest BCUT2D eigenvalue weighted by molar-refractivity contribution is 0.102. The number of aromatic nitrogens is 4. The molecule has 0 aliphatic carbocycles. The first-order valence-electron chi connectivity index (χ1n) is 5.46. The molecule has 8 heteroatoms. The molecule has 94 valence electrons. The Morgan fingerprint density at radius 1 is 1.50 bits per heavy atom. The van der Waals surface area contributed by atoms with Crippen molar-refractivity contribution in [3.05, 3.63) is 23.9 Å². The van der Waals surface area contributed by atoms with Gasteiger partial charge in [-0.25, -0.2) is 4.98 Å². The van der Waals surface area contributed by atoms with Crippen molar-refractivity contribution in [2.24, 2.45) is 0 Å². The summed E-state index contributed by atoms with van der Waals surface area (Å²) in [7, 11) is 0. The third-order valence-corrected chi connectivity index (χ3v) is 2.61. The van der Waals surface area contributed by atoms with Gasteiger partial charge in [0, 0.05) is 29.8 Å². The first-order valence-corrected chi connectivity index (χ1v) is 6.23. The average molecular weight is 264 g/mol. The van der Waals surface area contributed by atoms with Crippen molar-refractivity contribution < 1.29 is 4.79 Å². The Morgan fingerprint density at radius 2 is 2.39 bits per heavy atom. The zero-order chi connectivity index (χ0) is 12.8. The topological polar surface area (TPSA) is 92.7 Å². The summed E-state index contributed by atoms with van der Waals surface area (Å²) in [6.07, 6.45) is 2.58. The summed E-state index contributed by atoms with van der Waals surface area (Å²) in [5.74, 6) is 0.426. The van der Waals surface area contributed by atoms with Crippen LogP contribution < -0.4 is 10.6 Å². The van der Waals surface area contributed by atoms with Crippen molar-refractivity contribution in [3.63, 3.8) is 0 Å². The first kappa shape index (κ1) is 12.4. The van der Waals surface area contributed by atoms with Crippen molar-refractivity contribution in [2.75, 3.05) is 17.2 Å². The molecule has 2 aromatic rings. The minimum absolute atomic E-state index is 0.254. The van der Waals surface area contributed by atoms with E-state index in [2.05, 4.69) is 37.3 Å². The molecule has 0 spiro atoms. The molecule has 0 aliphatic rings. The van der Waals surface area contributed by atoms with Gasteiger partial charge >= 0.3 is 0 Å². The SMILES string of the molecule is CCCNc1cc(C(=O)Nc2nnns2)ccn1. The predicted molar refractivity (Wildman–Crippen MR) is 68.7 cm³/mol. The van der Waals surface area contributed by atoms with Crippen LogP contribution in [0.15, 0.2) is 18.3 Å². The van der Waals surface area contributed by atoms with Crippen LogP contribution in [0.1, 0.15) is 23.7 Å². The lowest BCUT2D eigenvalue weighted by atomic mass is 10.2. The summed E-state index contributed by atoms with van der Waals surface area (Å²) in [6.45, 7) is 2.88. The molecule has 0 fully saturated rings. The molecular formula is C10H12N6OS. The second kappa shape index (κ2) is 6.01. The van der Waals surface area contributed by atoms with Gasteiger partial charge in [0.25, 0.3) is 5.91 Å². The summed E-state index contributed by atoms with van der Waals surface area (Å²) in [5.41, 5.74) is 0.513. The van der Waals surface area contributed by atoms with Crippen molar-refractivity contribution >= 4 is 28.4 Å². The average Bonchev–Trinajstić information content (AvgIpc) is 2.89. The first-order chi connectivity index (χ1) is 8.79. The largest absolute Gasteiger partial charge is 0.370 e. The molecule has 0 aliphatic heterocycles. The van der Waals surface area contributed by atoms with Crippen LogP contribution in [0.5, 0.6) is 0 Å². The summed E-state index contributed by atoms with van der Waals surface area (Å²) < 4.78 is 3.57. The Bertz CT molecular complexity index is 515. The van der Waals surface area contributed by atoms with Crippen LogP contribution in [0.25, 0.3) is 0 Å². The Balaban J connectivity index is 2.05. The van der Waals surface area contributed by atoms with E-state index >= 15 is 0 Å². The number of rotatable bonds is 5. The van der Waals surface area contributed by atoms with Crippen LogP contribution in [-0.4, -0.2) is 32.2 Å². The van der Waals surface area contributed by atoms with Gasteiger partial charge in [0.15, 0.2) is 0 Å². The van der Waals surface area contributed by atoms with Gasteiger partial charge in [0.05, 0.1) is 0 Å². The minimum Gasteiger partial charge on any atom is -0.370 e. The zero-order valence-electron chi connectivity index (χ0n) is 9.75. The van der Waals surface area contributed by atoms with E-state index in [1.54, 1.807) is 18.3 Å². The number of anilines is 2. The summed E-state index contributed by atoms with van der Waals surface area (Å²) >= 11 is 1.03. The Labute approximate surface area is 108 Å². The van der Waals surface area contributed by atoms with Crippen molar-refractivity contribution in [3.8, 4) is 0 Å². The summed E-state index contributed by atoms with van der Waals surface area (Å²) in [6, 6.07) is 3.33. The van der Waals surface area contributed by atoms with Gasteiger partial charge in [-0.15, -0.1) is 0 Å². The van der Waals surface area contributed by atoms with Gasteiger partial charge in [-0.3, -0.25) is 10.1 Å². The Hall–Kier alpha value is -2.09. The van der Waals surface area contributed by atoms with Crippen molar-refractivity contribution in [1.82, 2.24) is 19.8 Å². The van der Waals surface area contributed by atoms with Crippen LogP contribution >= 0.6 is 11.5 Å². The summed E-state index contributed by atoms with van der Waals surface area (Å²) in [4.78, 5) is 16.0. The number of amides is 1. The molecule has 7 nitrogen and oxygen atoms in total. The molecule has 0 radical (unpaired) electrons. The quantitative estimate of drug-likeness (QED) is 0.848. The lowest BCUT2D eigenvalue weighted by Crippen LogP contribution is -2.12. The van der Waals surface area contributed by atoms with E-state index in [1.807, 2.05) is 0 Å². The van der Waals surface area contributed by atoms with Crippen molar-refractivity contribution in [1.29, 1.82) is 0 Å². The third-order valence-electron chi connectivity index (χ3n) is 2.10.